The van der Waals surface area contributed by atoms with Gasteiger partial charge < -0.3 is 9.73 Å². The number of carbonyl (C=O) groups is 1. The Balaban J connectivity index is 1.93. The number of anilines is 1. The number of hydrogen-bond acceptors (Lipinski definition) is 5. The lowest BCUT2D eigenvalue weighted by molar-refractivity contribution is -0.384. The first-order valence-electron chi connectivity index (χ1n) is 9.77. The van der Waals surface area contributed by atoms with Crippen LogP contribution in [0.25, 0.3) is 17.4 Å². The Morgan fingerprint density at radius 3 is 2.17 bits per heavy atom. The Morgan fingerprint density at radius 1 is 1.03 bits per heavy atom. The van der Waals surface area contributed by atoms with Crippen molar-refractivity contribution in [3.05, 3.63) is 86.7 Å². The molecule has 0 radical (unpaired) electrons. The maximum atomic E-state index is 13.0. The lowest BCUT2D eigenvalue weighted by Crippen LogP contribution is -2.16. The predicted octanol–water partition coefficient (Wildman–Crippen LogP) is 6.75. The van der Waals surface area contributed by atoms with Crippen molar-refractivity contribution in [1.29, 1.82) is 5.26 Å². The lowest BCUT2D eigenvalue weighted by Gasteiger charge is -2.14. The average molecular weight is 509 g/mol. The van der Waals surface area contributed by atoms with E-state index in [1.165, 1.54) is 30.3 Å². The van der Waals surface area contributed by atoms with Crippen LogP contribution in [0.4, 0.5) is 37.7 Å². The Hall–Kier alpha value is -4.60. The molecule has 36 heavy (non-hydrogen) atoms. The number of alkyl halides is 6. The second-order valence-corrected chi connectivity index (χ2v) is 7.40. The van der Waals surface area contributed by atoms with Gasteiger partial charge in [0.05, 0.1) is 21.6 Å². The van der Waals surface area contributed by atoms with Crippen molar-refractivity contribution in [2.75, 3.05) is 5.32 Å². The van der Waals surface area contributed by atoms with Crippen LogP contribution in [-0.4, -0.2) is 10.8 Å². The van der Waals surface area contributed by atoms with Crippen LogP contribution in [0.3, 0.4) is 0 Å². The molecule has 1 amide bonds. The molecule has 0 fully saturated rings. The molecule has 0 aliphatic heterocycles. The number of nitro groups is 1. The zero-order valence-corrected chi connectivity index (χ0v) is 18.0. The van der Waals surface area contributed by atoms with E-state index in [0.29, 0.717) is 17.7 Å². The van der Waals surface area contributed by atoms with Crippen molar-refractivity contribution < 1.29 is 40.5 Å². The molecule has 0 saturated carbocycles. The Morgan fingerprint density at radius 2 is 1.64 bits per heavy atom. The number of rotatable bonds is 5. The van der Waals surface area contributed by atoms with Gasteiger partial charge in [-0.3, -0.25) is 14.9 Å². The topological polar surface area (TPSA) is 109 Å². The van der Waals surface area contributed by atoms with Gasteiger partial charge in [0.15, 0.2) is 0 Å². The number of nitrogens with one attached hydrogen (secondary N) is 1. The van der Waals surface area contributed by atoms with Crippen molar-refractivity contribution in [3.63, 3.8) is 0 Å². The van der Waals surface area contributed by atoms with Crippen LogP contribution in [0.5, 0.6) is 0 Å². The van der Waals surface area contributed by atoms with E-state index >= 15 is 0 Å². The second-order valence-electron chi connectivity index (χ2n) is 7.40. The van der Waals surface area contributed by atoms with Crippen LogP contribution >= 0.6 is 0 Å². The SMILES string of the molecule is Cc1ccc(-c2ccc(/C=C(\C#N)C(=O)Nc3cc(C(F)(F)F)cc(C(F)(F)F)c3)o2)c([N+](=O)[O-])c1. The Labute approximate surface area is 198 Å². The summed E-state index contributed by atoms with van der Waals surface area (Å²) in [5, 5.41) is 22.5. The number of nitrogens with zero attached hydrogens (tertiary/aromatic N) is 2. The van der Waals surface area contributed by atoms with E-state index < -0.39 is 45.6 Å². The summed E-state index contributed by atoms with van der Waals surface area (Å²) in [6, 6.07) is 8.91. The van der Waals surface area contributed by atoms with Crippen LogP contribution in [0.2, 0.25) is 0 Å². The quantitative estimate of drug-likeness (QED) is 0.135. The number of furan rings is 1. The van der Waals surface area contributed by atoms with Gasteiger partial charge in [-0.15, -0.1) is 0 Å². The van der Waals surface area contributed by atoms with Gasteiger partial charge in [0.2, 0.25) is 0 Å². The van der Waals surface area contributed by atoms with E-state index in [4.69, 9.17) is 4.42 Å². The number of benzene rings is 2. The molecule has 3 rings (SSSR count). The molecule has 3 aromatic rings. The molecular formula is C23H13F6N3O4. The first-order chi connectivity index (χ1) is 16.7. The van der Waals surface area contributed by atoms with Gasteiger partial charge in [-0.1, -0.05) is 6.07 Å². The third-order valence-electron chi connectivity index (χ3n) is 4.74. The average Bonchev–Trinajstić information content (AvgIpc) is 3.24. The van der Waals surface area contributed by atoms with Crippen molar-refractivity contribution in [2.45, 2.75) is 19.3 Å². The molecule has 2 aromatic carbocycles. The van der Waals surface area contributed by atoms with Gasteiger partial charge in [-0.2, -0.15) is 31.6 Å². The molecule has 186 valence electrons. The van der Waals surface area contributed by atoms with Gasteiger partial charge >= 0.3 is 12.4 Å². The highest BCUT2D eigenvalue weighted by Crippen LogP contribution is 2.38. The first kappa shape index (κ1) is 26.0. The zero-order valence-electron chi connectivity index (χ0n) is 18.0. The van der Waals surface area contributed by atoms with Crippen LogP contribution in [-0.2, 0) is 17.1 Å². The summed E-state index contributed by atoms with van der Waals surface area (Å²) in [7, 11) is 0. The number of halogens is 6. The molecule has 0 aliphatic carbocycles. The monoisotopic (exact) mass is 509 g/mol. The Kier molecular flexibility index (Phi) is 6.91. The Bertz CT molecular complexity index is 1380. The minimum absolute atomic E-state index is 0.0262. The van der Waals surface area contributed by atoms with Crippen molar-refractivity contribution in [2.24, 2.45) is 0 Å². The highest BCUT2D eigenvalue weighted by atomic mass is 19.4. The van der Waals surface area contributed by atoms with E-state index in [9.17, 15) is 46.5 Å². The molecule has 0 saturated heterocycles. The summed E-state index contributed by atoms with van der Waals surface area (Å²) >= 11 is 0. The number of hydrogen-bond donors (Lipinski definition) is 1. The summed E-state index contributed by atoms with van der Waals surface area (Å²) in [5.74, 6) is -1.39. The fraction of sp³-hybridized carbons (Fsp3) is 0.130. The van der Waals surface area contributed by atoms with E-state index in [-0.39, 0.29) is 28.8 Å². The summed E-state index contributed by atoms with van der Waals surface area (Å²) in [5.41, 5.74) is -4.38. The zero-order chi connectivity index (χ0) is 26.8. The molecule has 0 aliphatic rings. The fourth-order valence-corrected chi connectivity index (χ4v) is 3.09. The largest absolute Gasteiger partial charge is 0.456 e. The molecule has 13 heteroatoms. The summed E-state index contributed by atoms with van der Waals surface area (Å²) < 4.78 is 83.6. The van der Waals surface area contributed by atoms with Crippen LogP contribution < -0.4 is 5.32 Å². The molecule has 0 spiro atoms. The number of nitro benzene ring substituents is 1. The van der Waals surface area contributed by atoms with Gasteiger partial charge in [-0.05, 0) is 48.9 Å². The van der Waals surface area contributed by atoms with E-state index in [2.05, 4.69) is 0 Å². The van der Waals surface area contributed by atoms with Crippen molar-refractivity contribution in [3.8, 4) is 17.4 Å². The van der Waals surface area contributed by atoms with Gasteiger partial charge in [-0.25, -0.2) is 0 Å². The smallest absolute Gasteiger partial charge is 0.416 e. The number of amides is 1. The number of carbonyl (C=O) groups excluding carboxylic acids is 1. The maximum Gasteiger partial charge on any atom is 0.416 e. The lowest BCUT2D eigenvalue weighted by atomic mass is 10.1. The van der Waals surface area contributed by atoms with E-state index in [0.717, 1.165) is 6.08 Å². The maximum absolute atomic E-state index is 13.0. The molecular weight excluding hydrogens is 496 g/mol. The highest BCUT2D eigenvalue weighted by Gasteiger charge is 2.37. The van der Waals surface area contributed by atoms with Crippen LogP contribution in [0, 0.1) is 28.4 Å². The standard InChI is InChI=1S/C23H13F6N3O4/c1-12-2-4-18(19(6-12)32(34)35)20-5-3-17(36-20)7-13(11-30)21(33)31-16-9-14(22(24,25)26)8-15(10-16)23(27,28)29/h2-10H,1H3,(H,31,33)/b13-7+. The third kappa shape index (κ3) is 5.90. The van der Waals surface area contributed by atoms with Gasteiger partial charge in [0.25, 0.3) is 11.6 Å². The molecule has 0 bridgehead atoms. The fourth-order valence-electron chi connectivity index (χ4n) is 3.09. The van der Waals surface area contributed by atoms with E-state index in [1.807, 2.05) is 5.32 Å². The molecule has 0 unspecified atom stereocenters. The summed E-state index contributed by atoms with van der Waals surface area (Å²) in [6.45, 7) is 1.65. The number of nitriles is 1. The van der Waals surface area contributed by atoms with Crippen LogP contribution in [0.15, 0.2) is 58.5 Å². The molecule has 1 heterocycles. The third-order valence-corrected chi connectivity index (χ3v) is 4.74. The minimum atomic E-state index is -5.13. The van der Waals surface area contributed by atoms with Crippen LogP contribution in [0.1, 0.15) is 22.5 Å². The van der Waals surface area contributed by atoms with Gasteiger partial charge in [0, 0.05) is 17.8 Å². The van der Waals surface area contributed by atoms with Gasteiger partial charge in [0.1, 0.15) is 23.2 Å². The first-order valence-corrected chi connectivity index (χ1v) is 9.77. The van der Waals surface area contributed by atoms with Crippen molar-refractivity contribution >= 4 is 23.4 Å². The molecule has 1 aromatic heterocycles. The second kappa shape index (κ2) is 9.57. The van der Waals surface area contributed by atoms with Crippen molar-refractivity contribution in [1.82, 2.24) is 0 Å². The molecule has 1 N–H and O–H groups in total. The molecule has 7 nitrogen and oxygen atoms in total. The van der Waals surface area contributed by atoms with E-state index in [1.54, 1.807) is 13.0 Å². The normalized spacial score (nSPS) is 12.2. The predicted molar refractivity (Wildman–Crippen MR) is 114 cm³/mol. The summed E-state index contributed by atoms with van der Waals surface area (Å²) in [4.78, 5) is 23.1. The summed E-state index contributed by atoms with van der Waals surface area (Å²) in [6.07, 6.45) is -9.37. The number of aryl methyl sites for hydroxylation is 1. The minimum Gasteiger partial charge on any atom is -0.456 e. The highest BCUT2D eigenvalue weighted by molar-refractivity contribution is 6.09. The molecule has 0 atom stereocenters.